The fraction of sp³-hybridized carbons (Fsp3) is 0.875. The van der Waals surface area contributed by atoms with Crippen LogP contribution in [0.1, 0.15) is 33.6 Å². The van der Waals surface area contributed by atoms with Gasteiger partial charge in [0.15, 0.2) is 8.32 Å². The minimum atomic E-state index is -2.15. The Kier molecular flexibility index (Phi) is 7.07. The molecule has 1 saturated heterocycles. The van der Waals surface area contributed by atoms with Gasteiger partial charge in [0.1, 0.15) is 26.7 Å². The van der Waals surface area contributed by atoms with Crippen LogP contribution in [0, 0.1) is 0 Å². The zero-order valence-electron chi connectivity index (χ0n) is 17.0. The molecule has 9 heteroatoms. The second-order valence-electron chi connectivity index (χ2n) is 7.80. The van der Waals surface area contributed by atoms with E-state index < -0.39 is 38.6 Å². The number of aliphatic hydroxyl groups is 1. The van der Waals surface area contributed by atoms with Gasteiger partial charge in [0, 0.05) is 19.5 Å². The highest BCUT2D eigenvalue weighted by molar-refractivity contribution is 6.74. The molecule has 0 spiro atoms. The molecule has 1 aliphatic rings. The third-order valence-electron chi connectivity index (χ3n) is 4.83. The first-order valence-electron chi connectivity index (χ1n) is 8.90. The molecule has 0 bridgehead atoms. The van der Waals surface area contributed by atoms with Gasteiger partial charge >= 0.3 is 5.97 Å². The Morgan fingerprint density at radius 1 is 1.36 bits per heavy atom. The maximum atomic E-state index is 11.7. The normalized spacial score (nSPS) is 27.7. The topological polar surface area (TPSA) is 94.1 Å². The lowest BCUT2D eigenvalue weighted by Crippen LogP contribution is -2.49. The van der Waals surface area contributed by atoms with Crippen molar-refractivity contribution in [3.05, 3.63) is 0 Å². The number of esters is 1. The third kappa shape index (κ3) is 6.09. The Morgan fingerprint density at radius 2 is 2.00 bits per heavy atom. The number of hydrogen-bond donors (Lipinski definition) is 2. The minimum absolute atomic E-state index is 0.0330. The van der Waals surface area contributed by atoms with Crippen molar-refractivity contribution in [2.75, 3.05) is 13.7 Å². The molecule has 4 atom stereocenters. The van der Waals surface area contributed by atoms with Crippen molar-refractivity contribution in [3.63, 3.8) is 0 Å². The van der Waals surface area contributed by atoms with Crippen molar-refractivity contribution in [1.29, 1.82) is 1.43 Å². The molecule has 0 aromatic carbocycles. The highest BCUT2D eigenvalue weighted by Gasteiger charge is 2.48. The second-order valence-corrected chi connectivity index (χ2v) is 12.6. The lowest BCUT2D eigenvalue weighted by atomic mass is 9.93. The van der Waals surface area contributed by atoms with Gasteiger partial charge in [-0.3, -0.25) is 9.59 Å². The first-order valence-corrected chi connectivity index (χ1v) is 11.4. The van der Waals surface area contributed by atoms with Crippen LogP contribution in [0.3, 0.4) is 0 Å². The first kappa shape index (κ1) is 20.4. The summed E-state index contributed by atoms with van der Waals surface area (Å²) in [7, 11) is 5.38. The van der Waals surface area contributed by atoms with E-state index in [1.807, 2.05) is 0 Å². The largest absolute Gasteiger partial charge is 0.463 e. The molecule has 1 unspecified atom stereocenters. The number of rotatable bonds is 8. The number of aliphatic hydroxyl groups excluding tert-OH is 1. The number of carbonyl (C=O) groups is 2. The molecular formula is C16H30BNO6Si. The van der Waals surface area contributed by atoms with Crippen molar-refractivity contribution in [1.82, 2.24) is 5.32 Å². The maximum Gasteiger partial charge on any atom is 0.306 e. The minimum Gasteiger partial charge on any atom is -0.463 e. The van der Waals surface area contributed by atoms with E-state index in [-0.39, 0.29) is 30.4 Å². The monoisotopic (exact) mass is 372 g/mol. The van der Waals surface area contributed by atoms with Gasteiger partial charge in [0.05, 0.1) is 12.5 Å². The van der Waals surface area contributed by atoms with Crippen molar-refractivity contribution < 1.29 is 28.6 Å². The van der Waals surface area contributed by atoms with Crippen LogP contribution >= 0.6 is 0 Å². The van der Waals surface area contributed by atoms with E-state index in [4.69, 9.17) is 28.3 Å². The average molecular weight is 372 g/mol. The van der Waals surface area contributed by atoms with E-state index >= 15 is 0 Å². The smallest absolute Gasteiger partial charge is 0.306 e. The first-order chi connectivity index (χ1) is 11.9. The molecule has 1 amide bonds. The number of carbonyl (C=O) groups excluding carboxylic acids is 2. The molecule has 0 aliphatic carbocycles. The van der Waals surface area contributed by atoms with E-state index in [0.717, 1.165) is 0 Å². The highest BCUT2D eigenvalue weighted by Crippen LogP contribution is 2.39. The fourth-order valence-corrected chi connectivity index (χ4v) is 3.43. The molecule has 1 rings (SSSR count). The maximum absolute atomic E-state index is 11.7. The average Bonchev–Trinajstić information content (AvgIpc) is 2.84. The summed E-state index contributed by atoms with van der Waals surface area (Å²) >= 11 is 0. The van der Waals surface area contributed by atoms with Gasteiger partial charge in [-0.1, -0.05) is 20.8 Å². The van der Waals surface area contributed by atoms with Gasteiger partial charge in [0.2, 0.25) is 7.34 Å². The Bertz CT molecular complexity index is 502. The van der Waals surface area contributed by atoms with Crippen LogP contribution in [0.2, 0.25) is 18.1 Å². The SMILES string of the molecule is [2H]O[C@@H]1C(O[Si](C)(C)C(C)(C)C)[C@H]([B])O[C@@H]1COC(=O)CCC(=O)NC. The summed E-state index contributed by atoms with van der Waals surface area (Å²) in [6.45, 7) is 10.3. The fourth-order valence-electron chi connectivity index (χ4n) is 2.13. The van der Waals surface area contributed by atoms with Crippen LogP contribution in [-0.2, 0) is 23.5 Å². The summed E-state index contributed by atoms with van der Waals surface area (Å²) in [5.74, 6) is -0.764. The number of amides is 1. The van der Waals surface area contributed by atoms with E-state index in [1.165, 1.54) is 7.05 Å². The van der Waals surface area contributed by atoms with Crippen LogP contribution in [-0.4, -0.2) is 72.5 Å². The third-order valence-corrected chi connectivity index (χ3v) is 9.30. The molecule has 1 fully saturated rings. The lowest BCUT2D eigenvalue weighted by molar-refractivity contribution is -0.149. The molecule has 2 radical (unpaired) electrons. The standard InChI is InChI=1S/C16H30BNO6Si/c1-16(2,3)25(5,6)24-14-13(21)10(23-15(14)17)9-22-12(20)8-7-11(19)18-4/h10,13-15,21H,7-9H2,1-6H3,(H,18,19)/t10-,13+,14?,15-/m1/s1/i21D. The summed E-state index contributed by atoms with van der Waals surface area (Å²) in [4.78, 5) is 22.9. The van der Waals surface area contributed by atoms with Gasteiger partial charge in [-0.25, -0.2) is 0 Å². The highest BCUT2D eigenvalue weighted by atomic mass is 28.4. The summed E-state index contributed by atoms with van der Waals surface area (Å²) in [5, 5.41) is 7.20. The zero-order valence-corrected chi connectivity index (χ0v) is 17.0. The van der Waals surface area contributed by atoms with Crippen molar-refractivity contribution in [2.24, 2.45) is 0 Å². The quantitative estimate of drug-likeness (QED) is 0.481. The molecule has 1 aliphatic heterocycles. The van der Waals surface area contributed by atoms with E-state index in [2.05, 4.69) is 39.2 Å². The van der Waals surface area contributed by atoms with Crippen LogP contribution in [0.5, 0.6) is 0 Å². The lowest BCUT2D eigenvalue weighted by Gasteiger charge is -2.39. The van der Waals surface area contributed by atoms with Gasteiger partial charge in [-0.15, -0.1) is 0 Å². The van der Waals surface area contributed by atoms with Gasteiger partial charge < -0.3 is 24.3 Å². The van der Waals surface area contributed by atoms with Crippen LogP contribution in [0.25, 0.3) is 0 Å². The van der Waals surface area contributed by atoms with Gasteiger partial charge in [0.25, 0.3) is 0 Å². The van der Waals surface area contributed by atoms with Crippen LogP contribution < -0.4 is 5.32 Å². The van der Waals surface area contributed by atoms with Crippen molar-refractivity contribution in [3.8, 4) is 0 Å². The zero-order chi connectivity index (χ0) is 20.1. The van der Waals surface area contributed by atoms with Gasteiger partial charge in [-0.05, 0) is 18.1 Å². The van der Waals surface area contributed by atoms with Crippen molar-refractivity contribution >= 4 is 28.0 Å². The van der Waals surface area contributed by atoms with E-state index in [1.54, 1.807) is 0 Å². The van der Waals surface area contributed by atoms with Crippen LogP contribution in [0.4, 0.5) is 0 Å². The molecule has 1 heterocycles. The van der Waals surface area contributed by atoms with Crippen molar-refractivity contribution in [2.45, 2.75) is 76.1 Å². The molecule has 7 nitrogen and oxygen atoms in total. The summed E-state index contributed by atoms with van der Waals surface area (Å²) in [6.07, 6.45) is -2.04. The van der Waals surface area contributed by atoms with E-state index in [0.29, 0.717) is 0 Å². The van der Waals surface area contributed by atoms with Crippen LogP contribution in [0.15, 0.2) is 0 Å². The molecular weight excluding hydrogens is 341 g/mol. The van der Waals surface area contributed by atoms with E-state index in [9.17, 15) is 9.59 Å². The summed E-state index contributed by atoms with van der Waals surface area (Å²) < 4.78 is 24.4. The van der Waals surface area contributed by atoms with Gasteiger partial charge in [-0.2, -0.15) is 0 Å². The number of hydrogen-bond acceptors (Lipinski definition) is 6. The molecule has 142 valence electrons. The Labute approximate surface area is 153 Å². The molecule has 25 heavy (non-hydrogen) atoms. The Morgan fingerprint density at radius 3 is 2.52 bits per heavy atom. The molecule has 0 saturated carbocycles. The Hall–Kier alpha value is -0.898. The number of ether oxygens (including phenoxy) is 2. The molecule has 2 N–H and O–H groups in total. The summed E-state index contributed by atoms with van der Waals surface area (Å²) in [5.41, 5.74) is 0. The summed E-state index contributed by atoms with van der Waals surface area (Å²) in [6, 6.07) is -0.769. The predicted octanol–water partition coefficient (Wildman–Crippen LogP) is 0.701. The molecule has 0 aromatic heterocycles. The Balaban J connectivity index is 2.64. The second kappa shape index (κ2) is 8.66. The number of nitrogens with one attached hydrogen (secondary N) is 1. The molecule has 0 aromatic rings. The predicted molar refractivity (Wildman–Crippen MR) is 96.8 cm³/mol.